The largest absolute Gasteiger partial charge is 0.302 e. The van der Waals surface area contributed by atoms with Crippen LogP contribution in [0.25, 0.3) is 0 Å². The van der Waals surface area contributed by atoms with Crippen molar-refractivity contribution in [2.45, 2.75) is 37.4 Å². The van der Waals surface area contributed by atoms with Crippen molar-refractivity contribution < 1.29 is 4.79 Å². The van der Waals surface area contributed by atoms with Gasteiger partial charge in [-0.05, 0) is 25.7 Å². The maximum Gasteiger partial charge on any atom is 0.254 e. The van der Waals surface area contributed by atoms with Crippen molar-refractivity contribution in [1.29, 1.82) is 0 Å². The lowest BCUT2D eigenvalue weighted by atomic mass is 10.0. The summed E-state index contributed by atoms with van der Waals surface area (Å²) >= 11 is 3.04. The number of aryl methyl sites for hydroxylation is 2. The molecule has 0 fully saturated rings. The first-order valence-corrected chi connectivity index (χ1v) is 9.49. The molecule has 3 heterocycles. The number of anilines is 1. The van der Waals surface area contributed by atoms with E-state index < -0.39 is 0 Å². The minimum absolute atomic E-state index is 0.0648. The van der Waals surface area contributed by atoms with Crippen LogP contribution in [-0.2, 0) is 24.2 Å². The monoisotopic (exact) mass is 348 g/mol. The van der Waals surface area contributed by atoms with E-state index in [1.54, 1.807) is 15.9 Å². The van der Waals surface area contributed by atoms with Crippen molar-refractivity contribution in [2.75, 3.05) is 11.1 Å². The molecule has 0 radical (unpaired) electrons. The molecule has 1 aliphatic carbocycles. The van der Waals surface area contributed by atoms with Gasteiger partial charge in [-0.15, -0.1) is 11.3 Å². The number of amides is 1. The molecule has 0 aromatic carbocycles. The van der Waals surface area contributed by atoms with Gasteiger partial charge in [0.15, 0.2) is 10.3 Å². The Morgan fingerprint density at radius 3 is 3.09 bits per heavy atom. The summed E-state index contributed by atoms with van der Waals surface area (Å²) in [5, 5.41) is 4.32. The molecule has 1 atom stereocenters. The SMILES string of the molecule is O=C(Nc1nc2c(s1)CCCC2)[C@H]1CSc2nccc(=O)n2C1. The number of hydrogen-bond acceptors (Lipinski definition) is 6. The fourth-order valence-electron chi connectivity index (χ4n) is 2.92. The molecule has 0 bridgehead atoms. The van der Waals surface area contributed by atoms with E-state index in [1.165, 1.54) is 41.7 Å². The normalized spacial score (nSPS) is 19.7. The Bertz CT molecular complexity index is 791. The van der Waals surface area contributed by atoms with E-state index in [4.69, 9.17) is 0 Å². The van der Waals surface area contributed by atoms with Gasteiger partial charge < -0.3 is 5.32 Å². The summed E-state index contributed by atoms with van der Waals surface area (Å²) in [6.45, 7) is 0.381. The first-order chi connectivity index (χ1) is 11.2. The lowest BCUT2D eigenvalue weighted by Gasteiger charge is -2.23. The number of rotatable bonds is 2. The van der Waals surface area contributed by atoms with Crippen molar-refractivity contribution in [1.82, 2.24) is 14.5 Å². The zero-order chi connectivity index (χ0) is 15.8. The van der Waals surface area contributed by atoms with E-state index in [9.17, 15) is 9.59 Å². The molecule has 120 valence electrons. The van der Waals surface area contributed by atoms with E-state index in [-0.39, 0.29) is 17.4 Å². The van der Waals surface area contributed by atoms with Gasteiger partial charge in [-0.2, -0.15) is 0 Å². The highest BCUT2D eigenvalue weighted by atomic mass is 32.2. The first-order valence-electron chi connectivity index (χ1n) is 7.69. The molecule has 1 N–H and O–H groups in total. The molecule has 6 nitrogen and oxygen atoms in total. The molecule has 2 aromatic heterocycles. The zero-order valence-corrected chi connectivity index (χ0v) is 14.1. The Balaban J connectivity index is 1.49. The van der Waals surface area contributed by atoms with Crippen molar-refractivity contribution in [3.8, 4) is 0 Å². The zero-order valence-electron chi connectivity index (χ0n) is 12.4. The minimum atomic E-state index is -0.240. The predicted molar refractivity (Wildman–Crippen MR) is 90.1 cm³/mol. The van der Waals surface area contributed by atoms with E-state index in [0.717, 1.165) is 18.5 Å². The summed E-state index contributed by atoms with van der Waals surface area (Å²) < 4.78 is 1.57. The van der Waals surface area contributed by atoms with Crippen LogP contribution < -0.4 is 10.9 Å². The van der Waals surface area contributed by atoms with Crippen LogP contribution in [-0.4, -0.2) is 26.2 Å². The van der Waals surface area contributed by atoms with Gasteiger partial charge in [-0.3, -0.25) is 14.2 Å². The highest BCUT2D eigenvalue weighted by molar-refractivity contribution is 7.99. The van der Waals surface area contributed by atoms with Crippen LogP contribution in [0.4, 0.5) is 5.13 Å². The second kappa shape index (κ2) is 6.09. The van der Waals surface area contributed by atoms with Crippen LogP contribution in [0.2, 0.25) is 0 Å². The molecule has 0 saturated carbocycles. The standard InChI is InChI=1S/C15H16N4O2S2/c20-12-5-6-16-15-19(12)7-9(8-22-15)13(21)18-14-17-10-3-1-2-4-11(10)23-14/h5-6,9H,1-4,7-8H2,(H,17,18,21)/t9-/m1/s1. The second-order valence-electron chi connectivity index (χ2n) is 5.77. The third-order valence-corrected chi connectivity index (χ3v) is 6.39. The lowest BCUT2D eigenvalue weighted by Crippen LogP contribution is -2.36. The number of nitrogens with zero attached hydrogens (tertiary/aromatic N) is 3. The Morgan fingerprint density at radius 2 is 2.22 bits per heavy atom. The quantitative estimate of drug-likeness (QED) is 0.839. The average molecular weight is 348 g/mol. The maximum atomic E-state index is 12.5. The molecule has 1 aliphatic heterocycles. The van der Waals surface area contributed by atoms with Gasteiger partial charge in [0.2, 0.25) is 5.91 Å². The van der Waals surface area contributed by atoms with Gasteiger partial charge in [0.25, 0.3) is 5.56 Å². The Labute approximate surface area is 141 Å². The van der Waals surface area contributed by atoms with Crippen LogP contribution >= 0.6 is 23.1 Å². The Hall–Kier alpha value is -1.67. The number of thiazole rings is 1. The fourth-order valence-corrected chi connectivity index (χ4v) is 5.04. The van der Waals surface area contributed by atoms with Gasteiger partial charge in [0.1, 0.15) is 0 Å². The van der Waals surface area contributed by atoms with Gasteiger partial charge in [-0.1, -0.05) is 11.8 Å². The number of carbonyl (C=O) groups is 1. The van der Waals surface area contributed by atoms with Crippen LogP contribution in [0.3, 0.4) is 0 Å². The van der Waals surface area contributed by atoms with Gasteiger partial charge >= 0.3 is 0 Å². The van der Waals surface area contributed by atoms with Crippen molar-refractivity contribution >= 4 is 34.1 Å². The minimum Gasteiger partial charge on any atom is -0.302 e. The maximum absolute atomic E-state index is 12.5. The number of carbonyl (C=O) groups excluding carboxylic acids is 1. The van der Waals surface area contributed by atoms with E-state index >= 15 is 0 Å². The molecule has 0 saturated heterocycles. The van der Waals surface area contributed by atoms with Gasteiger partial charge in [0.05, 0.1) is 11.6 Å². The number of nitrogens with one attached hydrogen (secondary N) is 1. The Kier molecular flexibility index (Phi) is 3.94. The molecule has 23 heavy (non-hydrogen) atoms. The van der Waals surface area contributed by atoms with Crippen LogP contribution in [0.1, 0.15) is 23.4 Å². The average Bonchev–Trinajstić information content (AvgIpc) is 2.97. The van der Waals surface area contributed by atoms with Crippen LogP contribution in [0.5, 0.6) is 0 Å². The number of aromatic nitrogens is 3. The molecular formula is C15H16N4O2S2. The number of hydrogen-bond donors (Lipinski definition) is 1. The van der Waals surface area contributed by atoms with E-state index in [1.807, 2.05) is 0 Å². The summed E-state index contributed by atoms with van der Waals surface area (Å²) in [4.78, 5) is 34.4. The van der Waals surface area contributed by atoms with Gasteiger partial charge in [0, 0.05) is 29.4 Å². The summed E-state index contributed by atoms with van der Waals surface area (Å²) in [5.41, 5.74) is 1.03. The van der Waals surface area contributed by atoms with Gasteiger partial charge in [-0.25, -0.2) is 9.97 Å². The second-order valence-corrected chi connectivity index (χ2v) is 7.84. The first kappa shape index (κ1) is 14.9. The Morgan fingerprint density at radius 1 is 1.35 bits per heavy atom. The smallest absolute Gasteiger partial charge is 0.254 e. The van der Waals surface area contributed by atoms with Crippen LogP contribution in [0.15, 0.2) is 22.2 Å². The molecular weight excluding hydrogens is 332 g/mol. The molecule has 0 spiro atoms. The summed E-state index contributed by atoms with van der Waals surface area (Å²) in [6.07, 6.45) is 5.97. The highest BCUT2D eigenvalue weighted by Gasteiger charge is 2.27. The number of thioether (sulfide) groups is 1. The van der Waals surface area contributed by atoms with Crippen LogP contribution in [0, 0.1) is 5.92 Å². The summed E-state index contributed by atoms with van der Waals surface area (Å²) in [6, 6.07) is 1.43. The molecule has 2 aromatic rings. The molecule has 0 unspecified atom stereocenters. The molecule has 1 amide bonds. The summed E-state index contributed by atoms with van der Waals surface area (Å²) in [5.74, 6) is 0.327. The highest BCUT2D eigenvalue weighted by Crippen LogP contribution is 2.31. The molecule has 2 aliphatic rings. The van der Waals surface area contributed by atoms with E-state index in [0.29, 0.717) is 22.6 Å². The van der Waals surface area contributed by atoms with Crippen molar-refractivity contribution in [3.63, 3.8) is 0 Å². The molecule has 8 heteroatoms. The van der Waals surface area contributed by atoms with Crippen molar-refractivity contribution in [2.24, 2.45) is 5.92 Å². The predicted octanol–water partition coefficient (Wildman–Crippen LogP) is 1.94. The van der Waals surface area contributed by atoms with Crippen molar-refractivity contribution in [3.05, 3.63) is 33.2 Å². The molecule has 4 rings (SSSR count). The summed E-state index contributed by atoms with van der Waals surface area (Å²) in [7, 11) is 0. The lowest BCUT2D eigenvalue weighted by molar-refractivity contribution is -0.119. The topological polar surface area (TPSA) is 76.9 Å². The number of fused-ring (bicyclic) bond motifs is 2. The van der Waals surface area contributed by atoms with E-state index in [2.05, 4.69) is 15.3 Å². The third kappa shape index (κ3) is 2.92. The fraction of sp³-hybridized carbons (Fsp3) is 0.467. The third-order valence-electron chi connectivity index (χ3n) is 4.16.